The number of pyridine rings is 1. The number of aliphatic hydroxyl groups is 2. The Kier molecular flexibility index (Phi) is 8.16. The number of nitrogens with zero attached hydrogens (tertiary/aromatic N) is 2. The summed E-state index contributed by atoms with van der Waals surface area (Å²) in [7, 11) is 2.49. The largest absolute Gasteiger partial charge is 0.481 e. The summed E-state index contributed by atoms with van der Waals surface area (Å²) in [5, 5.41) is 20.3. The number of likely N-dealkylation sites (tertiary alicyclic amines) is 1. The van der Waals surface area contributed by atoms with Gasteiger partial charge in [0.2, 0.25) is 5.88 Å². The molecule has 2 N–H and O–H groups in total. The normalized spacial score (nSPS) is 28.6. The molecule has 2 fully saturated rings. The minimum Gasteiger partial charge on any atom is -0.481 e. The lowest BCUT2D eigenvalue weighted by Gasteiger charge is -2.43. The quantitative estimate of drug-likeness (QED) is 0.328. The van der Waals surface area contributed by atoms with Crippen molar-refractivity contribution in [3.05, 3.63) is 87.0 Å². The predicted octanol–water partition coefficient (Wildman–Crippen LogP) is 6.12. The number of hydrogen-bond donors (Lipinski definition) is 2. The lowest BCUT2D eigenvalue weighted by atomic mass is 9.70. The molecule has 4 atom stereocenters. The van der Waals surface area contributed by atoms with Crippen LogP contribution in [0.3, 0.4) is 0 Å². The summed E-state index contributed by atoms with van der Waals surface area (Å²) in [6, 6.07) is 19.4. The molecule has 1 aromatic heterocycles. The van der Waals surface area contributed by atoms with E-state index in [1.807, 2.05) is 59.5 Å². The number of alkyl halides is 2. The van der Waals surface area contributed by atoms with Crippen molar-refractivity contribution in [1.82, 2.24) is 9.88 Å². The van der Waals surface area contributed by atoms with E-state index in [-0.39, 0.29) is 48.8 Å². The molecule has 3 aromatic rings. The molecule has 10 heteroatoms. The second-order valence-electron chi connectivity index (χ2n) is 10.5. The second kappa shape index (κ2) is 11.2. The lowest BCUT2D eigenvalue weighted by Crippen LogP contribution is -2.53. The molecule has 2 aromatic carbocycles. The molecule has 0 spiro atoms. The first-order valence-corrected chi connectivity index (χ1v) is 14.4. The monoisotopic (exact) mass is 636 g/mol. The van der Waals surface area contributed by atoms with E-state index in [0.717, 1.165) is 22.7 Å². The van der Waals surface area contributed by atoms with Crippen LogP contribution in [0.1, 0.15) is 41.9 Å². The van der Waals surface area contributed by atoms with E-state index in [0.29, 0.717) is 24.3 Å². The Labute approximate surface area is 246 Å². The van der Waals surface area contributed by atoms with Gasteiger partial charge in [0.05, 0.1) is 12.7 Å². The van der Waals surface area contributed by atoms with E-state index in [2.05, 4.69) is 20.9 Å². The molecule has 1 aliphatic carbocycles. The van der Waals surface area contributed by atoms with Crippen molar-refractivity contribution in [2.45, 2.75) is 42.3 Å². The molecule has 1 saturated carbocycles. The van der Waals surface area contributed by atoms with Gasteiger partial charge in [-0.05, 0) is 29.7 Å². The zero-order valence-corrected chi connectivity index (χ0v) is 24.6. The van der Waals surface area contributed by atoms with E-state index in [1.165, 1.54) is 7.11 Å². The van der Waals surface area contributed by atoms with Crippen molar-refractivity contribution in [2.75, 3.05) is 33.9 Å². The average Bonchev–Trinajstić information content (AvgIpc) is 3.36. The number of aromatic nitrogens is 1. The second-order valence-corrected chi connectivity index (χ2v) is 11.8. The van der Waals surface area contributed by atoms with Gasteiger partial charge >= 0.3 is 0 Å². The molecule has 214 valence electrons. The van der Waals surface area contributed by atoms with Gasteiger partial charge in [-0.2, -0.15) is 0 Å². The van der Waals surface area contributed by atoms with E-state index < -0.39 is 17.1 Å². The molecule has 1 saturated heterocycles. The summed E-state index contributed by atoms with van der Waals surface area (Å²) >= 11 is 9.88. The third-order valence-electron chi connectivity index (χ3n) is 8.47. The highest BCUT2D eigenvalue weighted by molar-refractivity contribution is 9.10. The number of methoxy groups -OCH3 is 1. The van der Waals surface area contributed by atoms with Gasteiger partial charge in [0, 0.05) is 62.0 Å². The molecule has 6 rings (SSSR count). The van der Waals surface area contributed by atoms with Crippen LogP contribution in [0.5, 0.6) is 11.6 Å². The Morgan fingerprint density at radius 3 is 2.38 bits per heavy atom. The summed E-state index contributed by atoms with van der Waals surface area (Å²) in [4.78, 5) is 6.42. The number of hydrogen-bond acceptors (Lipinski definition) is 6. The van der Waals surface area contributed by atoms with Crippen molar-refractivity contribution in [2.24, 2.45) is 5.92 Å². The minimum atomic E-state index is -2.65. The van der Waals surface area contributed by atoms with Gasteiger partial charge in [0.1, 0.15) is 16.5 Å². The van der Waals surface area contributed by atoms with Crippen LogP contribution in [0.2, 0.25) is 5.15 Å². The first kappa shape index (κ1) is 29.2. The maximum Gasteiger partial charge on any atom is 0.250 e. The molecule has 0 amide bonds. The van der Waals surface area contributed by atoms with Crippen molar-refractivity contribution in [1.29, 1.82) is 0 Å². The van der Waals surface area contributed by atoms with Gasteiger partial charge in [-0.15, -0.1) is 0 Å². The number of ether oxygens (including phenoxy) is 2. The molecule has 3 aliphatic rings. The summed E-state index contributed by atoms with van der Waals surface area (Å²) in [6.07, 6.45) is 0.200. The zero-order chi connectivity index (χ0) is 28.7. The number of halogens is 4. The summed E-state index contributed by atoms with van der Waals surface area (Å²) in [6.45, 7) is 0.970. The van der Waals surface area contributed by atoms with Crippen LogP contribution < -0.4 is 9.47 Å². The maximum atomic E-state index is 14.0. The first-order chi connectivity index (χ1) is 19.2. The first-order valence-electron chi connectivity index (χ1n) is 13.2. The van der Waals surface area contributed by atoms with Crippen LogP contribution in [-0.4, -0.2) is 59.9 Å². The number of benzene rings is 2. The number of rotatable bonds is 5. The fourth-order valence-electron chi connectivity index (χ4n) is 6.77. The highest BCUT2D eigenvalue weighted by Gasteiger charge is 2.73. The topological polar surface area (TPSA) is 75.0 Å². The van der Waals surface area contributed by atoms with E-state index in [4.69, 9.17) is 26.2 Å². The number of piperidine rings is 1. The van der Waals surface area contributed by atoms with Crippen molar-refractivity contribution in [3.63, 3.8) is 0 Å². The minimum absolute atomic E-state index is 0.189. The van der Waals surface area contributed by atoms with Gasteiger partial charge in [-0.1, -0.05) is 70.0 Å². The van der Waals surface area contributed by atoms with Crippen LogP contribution in [0.25, 0.3) is 0 Å². The van der Waals surface area contributed by atoms with Crippen molar-refractivity contribution < 1.29 is 28.5 Å². The van der Waals surface area contributed by atoms with Gasteiger partial charge in [-0.25, -0.2) is 13.8 Å². The Morgan fingerprint density at radius 2 is 1.75 bits per heavy atom. The standard InChI is InChI=1S/C29H28BrClF2N2O3.CH4O/c1-37-26-25-23(16-24(31)34-26)38-29(19-7-9-21(30)10-8-19)22(18-5-3-2-4-6-18)15-20(28(25,29)36)17-35-13-11-27(32,33)12-14-35;1-2/h2-10,16,20,22,36H,11-15,17H2,1H3;2H,1H3. The maximum absolute atomic E-state index is 14.0. The van der Waals surface area contributed by atoms with Crippen LogP contribution in [0, 0.1) is 5.92 Å². The summed E-state index contributed by atoms with van der Waals surface area (Å²) in [5.74, 6) is -2.63. The van der Waals surface area contributed by atoms with Gasteiger partial charge in [0.15, 0.2) is 5.60 Å². The molecular weight excluding hydrogens is 606 g/mol. The summed E-state index contributed by atoms with van der Waals surface area (Å²) < 4.78 is 41.4. The Morgan fingerprint density at radius 1 is 1.10 bits per heavy atom. The van der Waals surface area contributed by atoms with E-state index >= 15 is 0 Å². The van der Waals surface area contributed by atoms with Crippen LogP contribution in [-0.2, 0) is 11.2 Å². The average molecular weight is 638 g/mol. The van der Waals surface area contributed by atoms with Gasteiger partial charge in [-0.3, -0.25) is 0 Å². The molecule has 0 radical (unpaired) electrons. The Bertz CT molecular complexity index is 1340. The highest BCUT2D eigenvalue weighted by Crippen LogP contribution is 2.70. The van der Waals surface area contributed by atoms with Crippen molar-refractivity contribution >= 4 is 27.5 Å². The van der Waals surface area contributed by atoms with E-state index in [1.54, 1.807) is 6.07 Å². The van der Waals surface area contributed by atoms with Crippen molar-refractivity contribution in [3.8, 4) is 11.6 Å². The van der Waals surface area contributed by atoms with Gasteiger partial charge < -0.3 is 24.6 Å². The van der Waals surface area contributed by atoms with Crippen LogP contribution in [0.4, 0.5) is 8.78 Å². The molecule has 40 heavy (non-hydrogen) atoms. The summed E-state index contributed by atoms with van der Waals surface area (Å²) in [5.41, 5.74) is -0.509. The molecule has 2 aliphatic heterocycles. The number of fused-ring (bicyclic) bond motifs is 3. The fourth-order valence-corrected chi connectivity index (χ4v) is 7.21. The molecule has 3 heterocycles. The zero-order valence-electron chi connectivity index (χ0n) is 22.3. The van der Waals surface area contributed by atoms with Crippen LogP contribution >= 0.6 is 27.5 Å². The molecule has 6 nitrogen and oxygen atoms in total. The molecule has 4 unspecified atom stereocenters. The lowest BCUT2D eigenvalue weighted by molar-refractivity contribution is -0.135. The van der Waals surface area contributed by atoms with E-state index in [9.17, 15) is 13.9 Å². The predicted molar refractivity (Wildman–Crippen MR) is 152 cm³/mol. The molecular formula is C30H32BrClF2N2O4. The van der Waals surface area contributed by atoms with Crippen LogP contribution in [0.15, 0.2) is 65.1 Å². The number of aliphatic hydroxyl groups excluding tert-OH is 1. The SMILES string of the molecule is CO.COc1nc(Cl)cc2c1C1(O)C(CN3CCC(F)(F)CC3)CC(c3ccccc3)C1(c1ccc(Br)cc1)O2. The molecule has 0 bridgehead atoms. The smallest absolute Gasteiger partial charge is 0.250 e. The highest BCUT2D eigenvalue weighted by atomic mass is 79.9. The third kappa shape index (κ3) is 4.69. The Balaban J connectivity index is 0.00000158. The Hall–Kier alpha value is -2.30. The van der Waals surface area contributed by atoms with Gasteiger partial charge in [0.25, 0.3) is 5.92 Å². The fraction of sp³-hybridized carbons (Fsp3) is 0.433. The third-order valence-corrected chi connectivity index (χ3v) is 9.20.